The first-order valence-electron chi connectivity index (χ1n) is 9.45. The molecule has 3 aromatic rings. The summed E-state index contributed by atoms with van der Waals surface area (Å²) >= 11 is 0. The van der Waals surface area contributed by atoms with Crippen molar-refractivity contribution in [3.63, 3.8) is 0 Å². The van der Waals surface area contributed by atoms with Gasteiger partial charge in [0.05, 0.1) is 13.3 Å². The minimum Gasteiger partial charge on any atom is -0.493 e. The number of methoxy groups -OCH3 is 1. The Morgan fingerprint density at radius 1 is 1.10 bits per heavy atom. The molecule has 156 valence electrons. The van der Waals surface area contributed by atoms with Crippen LogP contribution in [0.3, 0.4) is 0 Å². The lowest BCUT2D eigenvalue weighted by Gasteiger charge is -2.32. The third-order valence-corrected chi connectivity index (χ3v) is 4.70. The predicted molar refractivity (Wildman–Crippen MR) is 107 cm³/mol. The highest BCUT2D eigenvalue weighted by Crippen LogP contribution is 2.31. The summed E-state index contributed by atoms with van der Waals surface area (Å²) in [6, 6.07) is 9.24. The number of para-hydroxylation sites is 2. The van der Waals surface area contributed by atoms with Gasteiger partial charge in [-0.1, -0.05) is 12.1 Å². The van der Waals surface area contributed by atoms with Gasteiger partial charge in [0, 0.05) is 32.0 Å². The van der Waals surface area contributed by atoms with Crippen LogP contribution in [0.25, 0.3) is 0 Å². The molecule has 0 aliphatic carbocycles. The molecule has 0 radical (unpaired) electrons. The lowest BCUT2D eigenvalue weighted by molar-refractivity contribution is 0.156. The molecule has 9 nitrogen and oxygen atoms in total. The van der Waals surface area contributed by atoms with E-state index in [-0.39, 0.29) is 17.9 Å². The standard InChI is InChI=1S/C20H21FN6O3/c1-28-15-4-2-3-5-16(15)30-18-10-17(24-12-25-18)27-8-6-13(7-9-27)29-20-23-11-14(21)19(22)26-20/h2-5,10-13H,6-9H2,1H3,(H2,22,23,26). The average molecular weight is 412 g/mol. The molecule has 2 N–H and O–H groups in total. The highest BCUT2D eigenvalue weighted by Gasteiger charge is 2.23. The SMILES string of the molecule is COc1ccccc1Oc1cc(N2CCC(Oc3ncc(F)c(N)n3)CC2)ncn1. The molecule has 2 aromatic heterocycles. The number of rotatable bonds is 6. The number of ether oxygens (including phenoxy) is 3. The number of nitrogens with two attached hydrogens (primary N) is 1. The maximum Gasteiger partial charge on any atom is 0.318 e. The zero-order valence-electron chi connectivity index (χ0n) is 16.4. The summed E-state index contributed by atoms with van der Waals surface area (Å²) in [6.45, 7) is 1.43. The Bertz CT molecular complexity index is 1010. The first kappa shape index (κ1) is 19.6. The lowest BCUT2D eigenvalue weighted by Crippen LogP contribution is -2.39. The van der Waals surface area contributed by atoms with Crippen molar-refractivity contribution in [2.75, 3.05) is 30.8 Å². The normalized spacial score (nSPS) is 14.4. The number of halogens is 1. The first-order chi connectivity index (χ1) is 14.6. The van der Waals surface area contributed by atoms with Gasteiger partial charge in [0.15, 0.2) is 23.1 Å². The second kappa shape index (κ2) is 8.76. The maximum atomic E-state index is 13.2. The van der Waals surface area contributed by atoms with Gasteiger partial charge in [-0.25, -0.2) is 19.3 Å². The Labute approximate surface area is 172 Å². The summed E-state index contributed by atoms with van der Waals surface area (Å²) in [4.78, 5) is 18.3. The minimum absolute atomic E-state index is 0.0851. The van der Waals surface area contributed by atoms with E-state index in [4.69, 9.17) is 19.9 Å². The third-order valence-electron chi connectivity index (χ3n) is 4.70. The molecular weight excluding hydrogens is 391 g/mol. The van der Waals surface area contributed by atoms with Gasteiger partial charge in [0.2, 0.25) is 5.88 Å². The topological polar surface area (TPSA) is 109 Å². The van der Waals surface area contributed by atoms with Crippen LogP contribution < -0.4 is 24.8 Å². The van der Waals surface area contributed by atoms with E-state index < -0.39 is 5.82 Å². The van der Waals surface area contributed by atoms with Crippen LogP contribution >= 0.6 is 0 Å². The second-order valence-electron chi connectivity index (χ2n) is 6.66. The zero-order chi connectivity index (χ0) is 20.9. The van der Waals surface area contributed by atoms with E-state index >= 15 is 0 Å². The number of anilines is 2. The monoisotopic (exact) mass is 412 g/mol. The van der Waals surface area contributed by atoms with Crippen LogP contribution in [0.4, 0.5) is 16.0 Å². The molecule has 0 spiro atoms. The Morgan fingerprint density at radius 3 is 2.60 bits per heavy atom. The molecule has 4 rings (SSSR count). The summed E-state index contributed by atoms with van der Waals surface area (Å²) in [6.07, 6.45) is 3.85. The fourth-order valence-electron chi connectivity index (χ4n) is 3.15. The van der Waals surface area contributed by atoms with Crippen LogP contribution in [0, 0.1) is 5.82 Å². The van der Waals surface area contributed by atoms with E-state index in [2.05, 4.69) is 24.8 Å². The fraction of sp³-hybridized carbons (Fsp3) is 0.300. The van der Waals surface area contributed by atoms with Crippen LogP contribution in [-0.4, -0.2) is 46.2 Å². The highest BCUT2D eigenvalue weighted by molar-refractivity contribution is 5.45. The largest absolute Gasteiger partial charge is 0.493 e. The summed E-state index contributed by atoms with van der Waals surface area (Å²) in [5.74, 6) is 1.51. The number of nitrogens with zero attached hydrogens (tertiary/aromatic N) is 5. The van der Waals surface area contributed by atoms with Crippen LogP contribution in [0.1, 0.15) is 12.8 Å². The van der Waals surface area contributed by atoms with Gasteiger partial charge in [-0.2, -0.15) is 4.98 Å². The van der Waals surface area contributed by atoms with Crippen LogP contribution in [0.2, 0.25) is 0 Å². The van der Waals surface area contributed by atoms with Gasteiger partial charge < -0.3 is 24.8 Å². The highest BCUT2D eigenvalue weighted by atomic mass is 19.1. The molecule has 1 aliphatic heterocycles. The maximum absolute atomic E-state index is 13.2. The van der Waals surface area contributed by atoms with Gasteiger partial charge in [-0.3, -0.25) is 0 Å². The van der Waals surface area contributed by atoms with Crippen molar-refractivity contribution in [3.8, 4) is 23.4 Å². The minimum atomic E-state index is -0.660. The Kier molecular flexibility index (Phi) is 5.73. The van der Waals surface area contributed by atoms with Gasteiger partial charge >= 0.3 is 6.01 Å². The van der Waals surface area contributed by atoms with Gasteiger partial charge in [0.1, 0.15) is 18.2 Å². The van der Waals surface area contributed by atoms with Crippen LogP contribution in [0.15, 0.2) is 42.9 Å². The third kappa shape index (κ3) is 4.48. The number of hydrogen-bond acceptors (Lipinski definition) is 9. The first-order valence-corrected chi connectivity index (χ1v) is 9.45. The number of aromatic nitrogens is 4. The van der Waals surface area contributed by atoms with Crippen molar-refractivity contribution >= 4 is 11.6 Å². The predicted octanol–water partition coefficient (Wildman–Crippen LogP) is 2.84. The molecule has 1 fully saturated rings. The number of nitrogen functional groups attached to an aromatic ring is 1. The number of piperidine rings is 1. The van der Waals surface area contributed by atoms with Gasteiger partial charge in [0.25, 0.3) is 0 Å². The molecule has 0 atom stereocenters. The summed E-state index contributed by atoms with van der Waals surface area (Å²) in [5, 5.41) is 0. The van der Waals surface area contributed by atoms with E-state index in [1.165, 1.54) is 6.33 Å². The molecule has 1 aromatic carbocycles. The number of hydrogen-bond donors (Lipinski definition) is 1. The summed E-state index contributed by atoms with van der Waals surface area (Å²) in [5.41, 5.74) is 5.46. The smallest absolute Gasteiger partial charge is 0.318 e. The van der Waals surface area contributed by atoms with Crippen LogP contribution in [0.5, 0.6) is 23.4 Å². The van der Waals surface area contributed by atoms with E-state index in [1.54, 1.807) is 13.2 Å². The zero-order valence-corrected chi connectivity index (χ0v) is 16.4. The summed E-state index contributed by atoms with van der Waals surface area (Å²) < 4.78 is 30.1. The molecule has 1 aliphatic rings. The molecular formula is C20H21FN6O3. The average Bonchev–Trinajstić information content (AvgIpc) is 2.77. The Balaban J connectivity index is 1.37. The number of benzene rings is 1. The molecule has 0 amide bonds. The second-order valence-corrected chi connectivity index (χ2v) is 6.66. The molecule has 1 saturated heterocycles. The Morgan fingerprint density at radius 2 is 1.87 bits per heavy atom. The fourth-order valence-corrected chi connectivity index (χ4v) is 3.15. The van der Waals surface area contributed by atoms with Crippen molar-refractivity contribution in [3.05, 3.63) is 48.7 Å². The van der Waals surface area contributed by atoms with E-state index in [1.807, 2.05) is 24.3 Å². The summed E-state index contributed by atoms with van der Waals surface area (Å²) in [7, 11) is 1.59. The van der Waals surface area contributed by atoms with Crippen molar-refractivity contribution in [2.45, 2.75) is 18.9 Å². The lowest BCUT2D eigenvalue weighted by atomic mass is 10.1. The van der Waals surface area contributed by atoms with E-state index in [0.717, 1.165) is 24.9 Å². The molecule has 10 heteroatoms. The molecule has 3 heterocycles. The molecule has 0 bridgehead atoms. The quantitative estimate of drug-likeness (QED) is 0.654. The van der Waals surface area contributed by atoms with E-state index in [9.17, 15) is 4.39 Å². The van der Waals surface area contributed by atoms with Crippen molar-refractivity contribution < 1.29 is 18.6 Å². The van der Waals surface area contributed by atoms with Crippen molar-refractivity contribution in [1.82, 2.24) is 19.9 Å². The molecule has 0 saturated carbocycles. The van der Waals surface area contributed by atoms with Gasteiger partial charge in [-0.05, 0) is 12.1 Å². The van der Waals surface area contributed by atoms with Crippen molar-refractivity contribution in [1.29, 1.82) is 0 Å². The van der Waals surface area contributed by atoms with E-state index in [0.29, 0.717) is 30.5 Å². The molecule has 30 heavy (non-hydrogen) atoms. The molecule has 0 unspecified atom stereocenters. The van der Waals surface area contributed by atoms with Crippen LogP contribution in [-0.2, 0) is 0 Å². The van der Waals surface area contributed by atoms with Crippen molar-refractivity contribution in [2.24, 2.45) is 0 Å². The Hall–Kier alpha value is -3.69. The van der Waals surface area contributed by atoms with Gasteiger partial charge in [-0.15, -0.1) is 0 Å².